The van der Waals surface area contributed by atoms with Crippen molar-refractivity contribution < 1.29 is 9.53 Å². The van der Waals surface area contributed by atoms with Crippen LogP contribution in [0.25, 0.3) is 0 Å². The van der Waals surface area contributed by atoms with Crippen LogP contribution >= 0.6 is 0 Å². The van der Waals surface area contributed by atoms with E-state index in [0.29, 0.717) is 5.56 Å². The Morgan fingerprint density at radius 3 is 2.38 bits per heavy atom. The predicted octanol–water partition coefficient (Wildman–Crippen LogP) is 2.44. The average molecular weight is 177 g/mol. The van der Waals surface area contributed by atoms with E-state index in [1.165, 1.54) is 13.0 Å². The lowest BCUT2D eigenvalue weighted by Gasteiger charge is -2.05. The second kappa shape index (κ2) is 4.08. The third kappa shape index (κ3) is 2.31. The van der Waals surface area contributed by atoms with Gasteiger partial charge in [-0.3, -0.25) is 0 Å². The topological polar surface area (TPSA) is 26.3 Å². The van der Waals surface area contributed by atoms with Gasteiger partial charge in [-0.2, -0.15) is 0 Å². The molecule has 0 atom stereocenters. The van der Waals surface area contributed by atoms with Gasteiger partial charge in [0.1, 0.15) is 0 Å². The minimum absolute atomic E-state index is 0.289. The van der Waals surface area contributed by atoms with Gasteiger partial charge in [-0.15, -0.1) is 0 Å². The van der Waals surface area contributed by atoms with E-state index in [2.05, 4.69) is 4.74 Å². The summed E-state index contributed by atoms with van der Waals surface area (Å²) in [4.78, 5) is 11.2. The lowest BCUT2D eigenvalue weighted by molar-refractivity contribution is 0.0600. The number of esters is 1. The Kier molecular flexibility index (Phi) is 3.07. The molecule has 0 saturated heterocycles. The van der Waals surface area contributed by atoms with Crippen LogP contribution in [-0.4, -0.2) is 13.1 Å². The molecule has 13 heavy (non-hydrogen) atoms. The van der Waals surface area contributed by atoms with Crippen LogP contribution < -0.4 is 0 Å². The molecule has 0 bridgehead atoms. The van der Waals surface area contributed by atoms with E-state index in [0.717, 1.165) is 5.56 Å². The highest BCUT2D eigenvalue weighted by Gasteiger charge is 2.06. The molecule has 2 heteroatoms. The molecule has 2 nitrogen and oxygen atoms in total. The van der Waals surface area contributed by atoms with Crippen molar-refractivity contribution in [1.29, 1.82) is 0 Å². The first-order valence-electron chi connectivity index (χ1n) is 4.14. The lowest BCUT2D eigenvalue weighted by Crippen LogP contribution is -2.02. The van der Waals surface area contributed by atoms with Crippen LogP contribution in [0.1, 0.15) is 29.8 Å². The quantitative estimate of drug-likeness (QED) is 0.648. The van der Waals surface area contributed by atoms with Gasteiger partial charge in [0, 0.05) is 0 Å². The van der Waals surface area contributed by atoms with E-state index in [9.17, 15) is 4.79 Å². The van der Waals surface area contributed by atoms with Gasteiger partial charge in [0.2, 0.25) is 0 Å². The minimum atomic E-state index is -0.289. The van der Waals surface area contributed by atoms with Crippen molar-refractivity contribution >= 4 is 5.97 Å². The summed E-state index contributed by atoms with van der Waals surface area (Å²) >= 11 is 0. The second-order valence-corrected chi connectivity index (χ2v) is 3.07. The summed E-state index contributed by atoms with van der Waals surface area (Å²) < 4.78 is 4.62. The highest BCUT2D eigenvalue weighted by Crippen LogP contribution is 2.14. The van der Waals surface area contributed by atoms with Crippen LogP contribution in [0.3, 0.4) is 0 Å². The molecule has 0 N–H and O–H groups in total. The number of carbonyl (C=O) groups is 1. The van der Waals surface area contributed by atoms with E-state index in [-0.39, 0.29) is 5.97 Å². The highest BCUT2D eigenvalue weighted by atomic mass is 16.5. The number of hydrogen-bond donors (Lipinski definition) is 0. The van der Waals surface area contributed by atoms with Crippen molar-refractivity contribution in [3.63, 3.8) is 0 Å². The SMILES string of the molecule is COC(=O)c1cccc([C](C)C)c1. The summed E-state index contributed by atoms with van der Waals surface area (Å²) in [6, 6.07) is 7.41. The van der Waals surface area contributed by atoms with Crippen LogP contribution in [0.2, 0.25) is 0 Å². The molecule has 69 valence electrons. The van der Waals surface area contributed by atoms with Crippen molar-refractivity contribution in [2.45, 2.75) is 13.8 Å². The average Bonchev–Trinajstić information content (AvgIpc) is 2.17. The van der Waals surface area contributed by atoms with Crippen LogP contribution in [0.5, 0.6) is 0 Å². The van der Waals surface area contributed by atoms with E-state index in [1.54, 1.807) is 6.07 Å². The third-order valence-electron chi connectivity index (χ3n) is 1.86. The van der Waals surface area contributed by atoms with Gasteiger partial charge in [0.25, 0.3) is 0 Å². The Morgan fingerprint density at radius 2 is 1.85 bits per heavy atom. The van der Waals surface area contributed by atoms with Gasteiger partial charge in [0.15, 0.2) is 0 Å². The van der Waals surface area contributed by atoms with Crippen molar-refractivity contribution in [3.05, 3.63) is 41.3 Å². The van der Waals surface area contributed by atoms with Crippen molar-refractivity contribution in [2.24, 2.45) is 0 Å². The predicted molar refractivity (Wildman–Crippen MR) is 51.5 cm³/mol. The molecule has 0 amide bonds. The molecule has 0 spiro atoms. The number of hydrogen-bond acceptors (Lipinski definition) is 2. The summed E-state index contributed by atoms with van der Waals surface area (Å²) in [7, 11) is 1.39. The van der Waals surface area contributed by atoms with Gasteiger partial charge in [-0.25, -0.2) is 4.79 Å². The normalized spacial score (nSPS) is 10.2. The zero-order chi connectivity index (χ0) is 9.84. The van der Waals surface area contributed by atoms with Gasteiger partial charge in [0.05, 0.1) is 12.7 Å². The van der Waals surface area contributed by atoms with Crippen molar-refractivity contribution in [1.82, 2.24) is 0 Å². The van der Waals surface area contributed by atoms with Gasteiger partial charge in [-0.1, -0.05) is 26.0 Å². The van der Waals surface area contributed by atoms with Crippen LogP contribution in [0, 0.1) is 5.92 Å². The molecule has 0 unspecified atom stereocenters. The first-order valence-corrected chi connectivity index (χ1v) is 4.14. The molecule has 0 aliphatic carbocycles. The summed E-state index contributed by atoms with van der Waals surface area (Å²) in [6.07, 6.45) is 0. The number of benzene rings is 1. The van der Waals surface area contributed by atoms with E-state index < -0.39 is 0 Å². The van der Waals surface area contributed by atoms with Gasteiger partial charge in [-0.05, 0) is 23.6 Å². The first kappa shape index (κ1) is 9.78. The molecule has 1 aromatic carbocycles. The molecule has 1 aromatic rings. The lowest BCUT2D eigenvalue weighted by atomic mass is 10.0. The minimum Gasteiger partial charge on any atom is -0.465 e. The molecule has 1 radical (unpaired) electrons. The Bertz CT molecular complexity index is 303. The Labute approximate surface area is 78.5 Å². The number of carbonyl (C=O) groups excluding carboxylic acids is 1. The summed E-state index contributed by atoms with van der Waals surface area (Å²) in [5, 5.41) is 0. The molecular weight excluding hydrogens is 164 g/mol. The fourth-order valence-electron chi connectivity index (χ4n) is 1.08. The maximum Gasteiger partial charge on any atom is 0.337 e. The molecule has 0 fully saturated rings. The maximum atomic E-state index is 11.2. The van der Waals surface area contributed by atoms with Crippen LogP contribution in [-0.2, 0) is 4.74 Å². The fraction of sp³-hybridized carbons (Fsp3) is 0.273. The van der Waals surface area contributed by atoms with Crippen molar-refractivity contribution in [2.75, 3.05) is 7.11 Å². The van der Waals surface area contributed by atoms with E-state index in [1.807, 2.05) is 32.0 Å². The van der Waals surface area contributed by atoms with Gasteiger partial charge >= 0.3 is 5.97 Å². The molecule has 0 saturated carbocycles. The molecular formula is C11H13O2. The summed E-state index contributed by atoms with van der Waals surface area (Å²) in [5.41, 5.74) is 1.67. The Balaban J connectivity index is 2.98. The highest BCUT2D eigenvalue weighted by molar-refractivity contribution is 5.89. The summed E-state index contributed by atoms with van der Waals surface area (Å²) in [5.74, 6) is 0.897. The van der Waals surface area contributed by atoms with E-state index in [4.69, 9.17) is 0 Å². The number of ether oxygens (including phenoxy) is 1. The summed E-state index contributed by atoms with van der Waals surface area (Å²) in [6.45, 7) is 4.02. The Morgan fingerprint density at radius 1 is 1.23 bits per heavy atom. The zero-order valence-electron chi connectivity index (χ0n) is 8.13. The molecule has 0 heterocycles. The number of rotatable bonds is 2. The molecule has 0 aliphatic heterocycles. The maximum absolute atomic E-state index is 11.2. The third-order valence-corrected chi connectivity index (χ3v) is 1.86. The number of methoxy groups -OCH3 is 1. The molecule has 1 rings (SSSR count). The molecule has 0 aliphatic rings. The van der Waals surface area contributed by atoms with E-state index >= 15 is 0 Å². The Hall–Kier alpha value is -1.31. The smallest absolute Gasteiger partial charge is 0.337 e. The van der Waals surface area contributed by atoms with Crippen molar-refractivity contribution in [3.8, 4) is 0 Å². The standard InChI is InChI=1S/C11H13O2/c1-8(2)9-5-4-6-10(7-9)11(12)13-3/h4-7H,1-3H3. The fourth-order valence-corrected chi connectivity index (χ4v) is 1.08. The van der Waals surface area contributed by atoms with Crippen LogP contribution in [0.4, 0.5) is 0 Å². The largest absolute Gasteiger partial charge is 0.465 e. The first-order chi connectivity index (χ1) is 6.15. The monoisotopic (exact) mass is 177 g/mol. The zero-order valence-corrected chi connectivity index (χ0v) is 8.13. The molecule has 0 aromatic heterocycles. The van der Waals surface area contributed by atoms with Gasteiger partial charge < -0.3 is 4.74 Å². The second-order valence-electron chi connectivity index (χ2n) is 3.07. The van der Waals surface area contributed by atoms with Crippen LogP contribution in [0.15, 0.2) is 24.3 Å².